The van der Waals surface area contributed by atoms with Crippen molar-refractivity contribution in [3.8, 4) is 0 Å². The van der Waals surface area contributed by atoms with E-state index in [9.17, 15) is 4.79 Å². The minimum atomic E-state index is -0.534. The molecule has 0 aromatic heterocycles. The van der Waals surface area contributed by atoms with Gasteiger partial charge >= 0.3 is 0 Å². The topological polar surface area (TPSA) is 50.8 Å². The van der Waals surface area contributed by atoms with Crippen LogP contribution in [-0.2, 0) is 20.7 Å². The van der Waals surface area contributed by atoms with Crippen LogP contribution in [0.25, 0.3) is 0 Å². The molecule has 1 amide bonds. The Morgan fingerprint density at radius 2 is 1.96 bits per heavy atom. The lowest BCUT2D eigenvalue weighted by molar-refractivity contribution is -0.189. The number of hydrogen-bond donors (Lipinski definition) is 1. The molecule has 0 unspecified atom stereocenters. The normalized spacial score (nSPS) is 24.5. The molecule has 1 aromatic rings. The van der Waals surface area contributed by atoms with E-state index in [4.69, 9.17) is 32.7 Å². The summed E-state index contributed by atoms with van der Waals surface area (Å²) in [7, 11) is 4.08. The molecule has 1 heterocycles. The van der Waals surface area contributed by atoms with Gasteiger partial charge in [0.05, 0.1) is 29.7 Å². The number of likely N-dealkylation sites (N-methyl/N-ethyl adjacent to an activating group) is 1. The molecule has 1 aliphatic carbocycles. The zero-order valence-electron chi connectivity index (χ0n) is 15.0. The molecule has 2 fully saturated rings. The minimum Gasteiger partial charge on any atom is -0.351 e. The fraction of sp³-hybridized carbons (Fsp3) is 0.611. The Hall–Kier alpha value is -0.560. The van der Waals surface area contributed by atoms with E-state index in [1.807, 2.05) is 20.2 Å². The smallest absolute Gasteiger partial charge is 0.224 e. The third-order valence-electron chi connectivity index (χ3n) is 4.99. The van der Waals surface area contributed by atoms with Gasteiger partial charge in [-0.2, -0.15) is 0 Å². The van der Waals surface area contributed by atoms with Crippen molar-refractivity contribution in [1.29, 1.82) is 0 Å². The van der Waals surface area contributed by atoms with Crippen LogP contribution < -0.4 is 5.32 Å². The second kappa shape index (κ2) is 9.09. The molecular weight excluding hydrogens is 399 g/mol. The highest BCUT2D eigenvalue weighted by molar-refractivity contribution is 6.42. The van der Waals surface area contributed by atoms with E-state index in [2.05, 4.69) is 10.2 Å². The lowest BCUT2D eigenvalue weighted by atomic mass is 9.84. The third-order valence-corrected chi connectivity index (χ3v) is 5.73. The van der Waals surface area contributed by atoms with Gasteiger partial charge in [-0.05, 0) is 38.2 Å². The Morgan fingerprint density at radius 1 is 1.27 bits per heavy atom. The first-order chi connectivity index (χ1) is 11.9. The van der Waals surface area contributed by atoms with Gasteiger partial charge in [0.15, 0.2) is 5.79 Å². The zero-order valence-corrected chi connectivity index (χ0v) is 17.3. The molecule has 0 radical (unpaired) electrons. The van der Waals surface area contributed by atoms with Crippen molar-refractivity contribution in [2.24, 2.45) is 0 Å². The Labute approximate surface area is 170 Å². The number of carbonyl (C=O) groups is 1. The fourth-order valence-electron chi connectivity index (χ4n) is 3.76. The zero-order chi connectivity index (χ0) is 18.0. The summed E-state index contributed by atoms with van der Waals surface area (Å²) >= 11 is 12.0. The Bertz CT molecular complexity index is 636. The quantitative estimate of drug-likeness (QED) is 0.807. The minimum absolute atomic E-state index is 0. The van der Waals surface area contributed by atoms with Crippen LogP contribution in [0.15, 0.2) is 18.2 Å². The fourth-order valence-corrected chi connectivity index (χ4v) is 4.08. The van der Waals surface area contributed by atoms with Crippen molar-refractivity contribution in [1.82, 2.24) is 10.2 Å². The maximum Gasteiger partial charge on any atom is 0.224 e. The summed E-state index contributed by atoms with van der Waals surface area (Å²) in [5, 5.41) is 4.12. The van der Waals surface area contributed by atoms with Crippen LogP contribution in [0.2, 0.25) is 10.0 Å². The number of benzene rings is 1. The molecule has 26 heavy (non-hydrogen) atoms. The SMILES string of the molecule is CN(C)[C@@H]1CCC2(C[C@H]1NC(=O)Cc1ccc(Cl)c(Cl)c1)OCCO2.Cl. The summed E-state index contributed by atoms with van der Waals surface area (Å²) in [5.74, 6) is -0.570. The lowest BCUT2D eigenvalue weighted by Gasteiger charge is -2.43. The molecule has 2 atom stereocenters. The van der Waals surface area contributed by atoms with Crippen LogP contribution in [0.4, 0.5) is 0 Å². The maximum absolute atomic E-state index is 12.6. The monoisotopic (exact) mass is 422 g/mol. The summed E-state index contributed by atoms with van der Waals surface area (Å²) in [4.78, 5) is 14.7. The molecule has 8 heteroatoms. The predicted molar refractivity (Wildman–Crippen MR) is 105 cm³/mol. The van der Waals surface area contributed by atoms with E-state index >= 15 is 0 Å². The number of nitrogens with one attached hydrogen (secondary N) is 1. The standard InChI is InChI=1S/C18H24Cl2N2O3.ClH/c1-22(2)16-5-6-18(24-7-8-25-18)11-15(16)21-17(23)10-12-3-4-13(19)14(20)9-12;/h3-4,9,15-16H,5-8,10-11H2,1-2H3,(H,21,23);1H/t15-,16-;/m1./s1. The Morgan fingerprint density at radius 3 is 2.58 bits per heavy atom. The number of ether oxygens (including phenoxy) is 2. The van der Waals surface area contributed by atoms with Gasteiger partial charge in [-0.15, -0.1) is 12.4 Å². The molecule has 1 aliphatic heterocycles. The van der Waals surface area contributed by atoms with Gasteiger partial charge in [-0.1, -0.05) is 29.3 Å². The molecule has 5 nitrogen and oxygen atoms in total. The summed E-state index contributed by atoms with van der Waals surface area (Å²) in [6, 6.07) is 5.51. The van der Waals surface area contributed by atoms with E-state index in [0.29, 0.717) is 29.7 Å². The van der Waals surface area contributed by atoms with Gasteiger partial charge in [0.25, 0.3) is 0 Å². The highest BCUT2D eigenvalue weighted by Crippen LogP contribution is 2.37. The first-order valence-electron chi connectivity index (χ1n) is 8.56. The number of rotatable bonds is 4. The molecule has 0 bridgehead atoms. The van der Waals surface area contributed by atoms with E-state index in [0.717, 1.165) is 18.4 Å². The Kier molecular flexibility index (Phi) is 7.60. The van der Waals surface area contributed by atoms with Crippen LogP contribution in [0.5, 0.6) is 0 Å². The van der Waals surface area contributed by atoms with Gasteiger partial charge in [0.1, 0.15) is 0 Å². The molecule has 2 aliphatic rings. The first kappa shape index (κ1) is 21.7. The first-order valence-corrected chi connectivity index (χ1v) is 9.32. The molecule has 1 spiro atoms. The van der Waals surface area contributed by atoms with Crippen LogP contribution in [0.1, 0.15) is 24.8 Å². The number of hydrogen-bond acceptors (Lipinski definition) is 4. The van der Waals surface area contributed by atoms with Gasteiger partial charge in [0, 0.05) is 24.9 Å². The summed E-state index contributed by atoms with van der Waals surface area (Å²) in [6.07, 6.45) is 2.71. The maximum atomic E-state index is 12.6. The molecule has 3 rings (SSSR count). The van der Waals surface area contributed by atoms with Crippen LogP contribution in [-0.4, -0.2) is 56.0 Å². The lowest BCUT2D eigenvalue weighted by Crippen LogP contribution is -2.57. The summed E-state index contributed by atoms with van der Waals surface area (Å²) < 4.78 is 11.7. The van der Waals surface area contributed by atoms with Gasteiger partial charge in [-0.3, -0.25) is 4.79 Å². The van der Waals surface area contributed by atoms with E-state index < -0.39 is 5.79 Å². The molecule has 1 saturated heterocycles. The largest absolute Gasteiger partial charge is 0.351 e. The van der Waals surface area contributed by atoms with Gasteiger partial charge < -0.3 is 19.7 Å². The van der Waals surface area contributed by atoms with E-state index in [1.165, 1.54) is 0 Å². The van der Waals surface area contributed by atoms with Crippen molar-refractivity contribution in [3.05, 3.63) is 33.8 Å². The van der Waals surface area contributed by atoms with Crippen molar-refractivity contribution in [2.45, 2.75) is 43.6 Å². The molecule has 1 saturated carbocycles. The van der Waals surface area contributed by atoms with Crippen LogP contribution in [0, 0.1) is 0 Å². The number of nitrogens with zero attached hydrogens (tertiary/aromatic N) is 1. The predicted octanol–water partition coefficient (Wildman–Crippen LogP) is 3.30. The van der Waals surface area contributed by atoms with Crippen molar-refractivity contribution in [2.75, 3.05) is 27.3 Å². The van der Waals surface area contributed by atoms with Crippen LogP contribution in [0.3, 0.4) is 0 Å². The van der Waals surface area contributed by atoms with Gasteiger partial charge in [-0.25, -0.2) is 0 Å². The van der Waals surface area contributed by atoms with Crippen LogP contribution >= 0.6 is 35.6 Å². The average molecular weight is 424 g/mol. The Balaban J connectivity index is 0.00000243. The van der Waals surface area contributed by atoms with Crippen molar-refractivity contribution < 1.29 is 14.3 Å². The van der Waals surface area contributed by atoms with Crippen molar-refractivity contribution >= 4 is 41.5 Å². The number of carbonyl (C=O) groups excluding carboxylic acids is 1. The number of amides is 1. The van der Waals surface area contributed by atoms with Crippen molar-refractivity contribution in [3.63, 3.8) is 0 Å². The van der Waals surface area contributed by atoms with Gasteiger partial charge in [0.2, 0.25) is 5.91 Å². The molecule has 1 aromatic carbocycles. The third kappa shape index (κ3) is 5.03. The highest BCUT2D eigenvalue weighted by Gasteiger charge is 2.46. The number of halogens is 3. The highest BCUT2D eigenvalue weighted by atomic mass is 35.5. The molecule has 146 valence electrons. The van der Waals surface area contributed by atoms with E-state index in [-0.39, 0.29) is 36.8 Å². The summed E-state index contributed by atoms with van der Waals surface area (Å²) in [6.45, 7) is 1.24. The second-order valence-electron chi connectivity index (χ2n) is 6.98. The van der Waals surface area contributed by atoms with E-state index in [1.54, 1.807) is 12.1 Å². The average Bonchev–Trinajstić information content (AvgIpc) is 2.98. The molecule has 1 N–H and O–H groups in total. The molecular formula is C18H25Cl3N2O3. The second-order valence-corrected chi connectivity index (χ2v) is 7.80. The summed E-state index contributed by atoms with van der Waals surface area (Å²) in [5.41, 5.74) is 0.840.